The van der Waals surface area contributed by atoms with Gasteiger partial charge in [-0.3, -0.25) is 4.79 Å². The van der Waals surface area contributed by atoms with Crippen molar-refractivity contribution in [1.29, 1.82) is 0 Å². The Kier molecular flexibility index (Phi) is 5.09. The van der Waals surface area contributed by atoms with Crippen LogP contribution >= 0.6 is 23.4 Å². The van der Waals surface area contributed by atoms with Crippen LogP contribution in [0.1, 0.15) is 18.5 Å². The van der Waals surface area contributed by atoms with Gasteiger partial charge < -0.3 is 9.88 Å². The third kappa shape index (κ3) is 4.02. The number of benzene rings is 1. The fraction of sp³-hybridized carbons (Fsp3) is 0.286. The first kappa shape index (κ1) is 14.9. The summed E-state index contributed by atoms with van der Waals surface area (Å²) in [6.45, 7) is 1.94. The number of halogens is 1. The second-order valence-corrected chi connectivity index (χ2v) is 5.83. The summed E-state index contributed by atoms with van der Waals surface area (Å²) >= 11 is 7.36. The van der Waals surface area contributed by atoms with Crippen molar-refractivity contribution < 1.29 is 4.79 Å². The smallest absolute Gasteiger partial charge is 0.230 e. The second kappa shape index (κ2) is 6.81. The van der Waals surface area contributed by atoms with Crippen LogP contribution in [0.15, 0.2) is 41.8 Å². The van der Waals surface area contributed by atoms with Crippen molar-refractivity contribution in [2.45, 2.75) is 18.1 Å². The lowest BCUT2D eigenvalue weighted by atomic mass is 10.1. The maximum atomic E-state index is 11.9. The van der Waals surface area contributed by atoms with E-state index in [0.717, 1.165) is 10.7 Å². The largest absolute Gasteiger partial charge is 0.349 e. The van der Waals surface area contributed by atoms with Crippen LogP contribution in [0.4, 0.5) is 0 Å². The lowest BCUT2D eigenvalue weighted by Crippen LogP contribution is -2.28. The number of nitrogens with zero attached hydrogens (tertiary/aromatic N) is 2. The lowest BCUT2D eigenvalue weighted by molar-refractivity contribution is -0.119. The first-order valence-corrected chi connectivity index (χ1v) is 7.57. The molecule has 1 atom stereocenters. The van der Waals surface area contributed by atoms with E-state index in [9.17, 15) is 4.79 Å². The van der Waals surface area contributed by atoms with Gasteiger partial charge in [0, 0.05) is 24.5 Å². The molecule has 1 aromatic carbocycles. The maximum absolute atomic E-state index is 11.9. The number of hydrogen-bond acceptors (Lipinski definition) is 3. The van der Waals surface area contributed by atoms with Crippen molar-refractivity contribution >= 4 is 29.3 Å². The Hall–Kier alpha value is -1.46. The summed E-state index contributed by atoms with van der Waals surface area (Å²) in [5.74, 6) is 0.320. The minimum atomic E-state index is -0.0665. The van der Waals surface area contributed by atoms with Crippen LogP contribution in [0.3, 0.4) is 0 Å². The summed E-state index contributed by atoms with van der Waals surface area (Å²) in [5.41, 5.74) is 0.993. The highest BCUT2D eigenvalue weighted by atomic mass is 35.5. The van der Waals surface area contributed by atoms with Gasteiger partial charge in [0.2, 0.25) is 5.91 Å². The first-order chi connectivity index (χ1) is 9.56. The van der Waals surface area contributed by atoms with Crippen molar-refractivity contribution in [1.82, 2.24) is 14.9 Å². The van der Waals surface area contributed by atoms with Crippen molar-refractivity contribution in [3.63, 3.8) is 0 Å². The molecule has 0 aliphatic rings. The molecule has 20 heavy (non-hydrogen) atoms. The third-order valence-corrected chi connectivity index (χ3v) is 4.13. The van der Waals surface area contributed by atoms with Gasteiger partial charge in [0.25, 0.3) is 0 Å². The van der Waals surface area contributed by atoms with E-state index in [-0.39, 0.29) is 11.9 Å². The van der Waals surface area contributed by atoms with Gasteiger partial charge in [0.05, 0.1) is 11.8 Å². The Bertz CT molecular complexity index is 600. The second-order valence-electron chi connectivity index (χ2n) is 4.45. The molecule has 106 valence electrons. The molecular formula is C14H16ClN3OS. The molecule has 0 saturated carbocycles. The first-order valence-electron chi connectivity index (χ1n) is 6.21. The molecule has 0 aliphatic heterocycles. The van der Waals surface area contributed by atoms with Gasteiger partial charge >= 0.3 is 0 Å². The zero-order valence-corrected chi connectivity index (χ0v) is 12.9. The number of carbonyl (C=O) groups excluding carboxylic acids is 1. The number of nitrogens with one attached hydrogen (secondary N) is 1. The number of aromatic nitrogens is 2. The topological polar surface area (TPSA) is 46.9 Å². The number of carbonyl (C=O) groups is 1. The fourth-order valence-corrected chi connectivity index (χ4v) is 2.71. The molecule has 4 nitrogen and oxygen atoms in total. The molecule has 2 aromatic rings. The molecule has 1 heterocycles. The van der Waals surface area contributed by atoms with Gasteiger partial charge in [-0.2, -0.15) is 0 Å². The quantitative estimate of drug-likeness (QED) is 0.864. The zero-order valence-electron chi connectivity index (χ0n) is 11.3. The van der Waals surface area contributed by atoms with E-state index in [4.69, 9.17) is 11.6 Å². The van der Waals surface area contributed by atoms with E-state index in [2.05, 4.69) is 10.3 Å². The van der Waals surface area contributed by atoms with Crippen molar-refractivity contribution in [2.24, 2.45) is 7.05 Å². The summed E-state index contributed by atoms with van der Waals surface area (Å²) in [4.78, 5) is 16.1. The minimum Gasteiger partial charge on any atom is -0.349 e. The predicted octanol–water partition coefficient (Wildman–Crippen LogP) is 3.04. The monoisotopic (exact) mass is 309 g/mol. The molecule has 1 unspecified atom stereocenters. The van der Waals surface area contributed by atoms with Crippen LogP contribution < -0.4 is 5.32 Å². The molecule has 1 N–H and O–H groups in total. The summed E-state index contributed by atoms with van der Waals surface area (Å²) in [6.07, 6.45) is 3.57. The molecule has 1 amide bonds. The Labute approximate surface area is 127 Å². The molecular weight excluding hydrogens is 294 g/mol. The number of imidazole rings is 1. The number of thioether (sulfide) groups is 1. The Morgan fingerprint density at radius 2 is 2.35 bits per heavy atom. The average molecular weight is 310 g/mol. The van der Waals surface area contributed by atoms with Crippen LogP contribution in [-0.2, 0) is 11.8 Å². The highest BCUT2D eigenvalue weighted by molar-refractivity contribution is 7.99. The van der Waals surface area contributed by atoms with Crippen molar-refractivity contribution in [2.75, 3.05) is 5.75 Å². The van der Waals surface area contributed by atoms with E-state index in [1.165, 1.54) is 11.8 Å². The minimum absolute atomic E-state index is 0.0227. The maximum Gasteiger partial charge on any atom is 0.230 e. The molecule has 2 rings (SSSR count). The van der Waals surface area contributed by atoms with Gasteiger partial charge in [-0.05, 0) is 24.6 Å². The number of amides is 1. The van der Waals surface area contributed by atoms with Gasteiger partial charge in [-0.1, -0.05) is 35.5 Å². The Morgan fingerprint density at radius 1 is 1.55 bits per heavy atom. The standard InChI is InChI=1S/C14H16ClN3OS/c1-10(11-4-3-5-12(15)8-11)17-13(19)9-20-14-16-6-7-18(14)2/h3-8,10H,9H2,1-2H3,(H,17,19). The van der Waals surface area contributed by atoms with Crippen molar-refractivity contribution in [3.05, 3.63) is 47.2 Å². The molecule has 6 heteroatoms. The van der Waals surface area contributed by atoms with Gasteiger partial charge in [0.1, 0.15) is 0 Å². The Balaban J connectivity index is 1.87. The van der Waals surface area contributed by atoms with Crippen LogP contribution in [0.25, 0.3) is 0 Å². The third-order valence-electron chi connectivity index (χ3n) is 2.84. The molecule has 0 radical (unpaired) electrons. The SMILES string of the molecule is CC(NC(=O)CSc1nccn1C)c1cccc(Cl)c1. The van der Waals surface area contributed by atoms with E-state index in [1.807, 2.05) is 49.0 Å². The predicted molar refractivity (Wildman–Crippen MR) is 81.9 cm³/mol. The molecule has 1 aromatic heterocycles. The molecule has 0 saturated heterocycles. The van der Waals surface area contributed by atoms with Crippen LogP contribution in [0.5, 0.6) is 0 Å². The number of aryl methyl sites for hydroxylation is 1. The van der Waals surface area contributed by atoms with Crippen molar-refractivity contribution in [3.8, 4) is 0 Å². The molecule has 0 bridgehead atoms. The molecule has 0 aliphatic carbocycles. The summed E-state index contributed by atoms with van der Waals surface area (Å²) < 4.78 is 1.89. The van der Waals surface area contributed by atoms with Crippen LogP contribution in [0, 0.1) is 0 Å². The van der Waals surface area contributed by atoms with Crippen LogP contribution in [-0.4, -0.2) is 21.2 Å². The van der Waals surface area contributed by atoms with Gasteiger partial charge in [0.15, 0.2) is 5.16 Å². The Morgan fingerprint density at radius 3 is 3.00 bits per heavy atom. The summed E-state index contributed by atoms with van der Waals surface area (Å²) in [5, 5.41) is 4.45. The number of rotatable bonds is 5. The summed E-state index contributed by atoms with van der Waals surface area (Å²) in [6, 6.07) is 7.43. The zero-order chi connectivity index (χ0) is 14.5. The highest BCUT2D eigenvalue weighted by Crippen LogP contribution is 2.18. The molecule has 0 spiro atoms. The molecule has 0 fully saturated rings. The highest BCUT2D eigenvalue weighted by Gasteiger charge is 2.11. The normalized spacial score (nSPS) is 12.2. The van der Waals surface area contributed by atoms with E-state index in [0.29, 0.717) is 10.8 Å². The van der Waals surface area contributed by atoms with Crippen LogP contribution in [0.2, 0.25) is 5.02 Å². The summed E-state index contributed by atoms with van der Waals surface area (Å²) in [7, 11) is 1.90. The average Bonchev–Trinajstić information content (AvgIpc) is 2.82. The number of hydrogen-bond donors (Lipinski definition) is 1. The fourth-order valence-electron chi connectivity index (χ4n) is 1.76. The van der Waals surface area contributed by atoms with E-state index >= 15 is 0 Å². The van der Waals surface area contributed by atoms with Gasteiger partial charge in [-0.25, -0.2) is 4.98 Å². The van der Waals surface area contributed by atoms with Gasteiger partial charge in [-0.15, -0.1) is 0 Å². The lowest BCUT2D eigenvalue weighted by Gasteiger charge is -2.14. The van der Waals surface area contributed by atoms with E-state index < -0.39 is 0 Å². The van der Waals surface area contributed by atoms with E-state index in [1.54, 1.807) is 6.20 Å².